The Morgan fingerprint density at radius 1 is 1.16 bits per heavy atom. The first-order valence-corrected chi connectivity index (χ1v) is 13.5. The summed E-state index contributed by atoms with van der Waals surface area (Å²) in [6, 6.07) is 8.88. The lowest BCUT2D eigenvalue weighted by Crippen LogP contribution is -2.52. The molecule has 0 aliphatic carbocycles. The van der Waals surface area contributed by atoms with E-state index in [1.165, 1.54) is 0 Å². The van der Waals surface area contributed by atoms with Crippen molar-refractivity contribution in [3.63, 3.8) is 0 Å². The van der Waals surface area contributed by atoms with Crippen molar-refractivity contribution >= 4 is 18.1 Å². The SMILES string of the molecule is CCC(C)[C@@H](C(CC(=O)N1CCC[C@H]1[C@H](OC)[C@@H](C)C(=O)N[C@H](C=O)Cc1ccccc1)OC)N(C)C. The number of ether oxygens (including phenoxy) is 2. The van der Waals surface area contributed by atoms with Gasteiger partial charge in [-0.25, -0.2) is 0 Å². The average molecular weight is 518 g/mol. The van der Waals surface area contributed by atoms with Crippen LogP contribution >= 0.6 is 0 Å². The molecule has 0 radical (unpaired) electrons. The second-order valence-electron chi connectivity index (χ2n) is 10.5. The van der Waals surface area contributed by atoms with E-state index in [0.29, 0.717) is 18.9 Å². The molecule has 2 rings (SSSR count). The number of benzene rings is 1. The second kappa shape index (κ2) is 15.2. The van der Waals surface area contributed by atoms with Gasteiger partial charge in [-0.3, -0.25) is 9.59 Å². The van der Waals surface area contributed by atoms with Crippen LogP contribution in [0.1, 0.15) is 52.0 Å². The van der Waals surface area contributed by atoms with E-state index in [1.54, 1.807) is 21.1 Å². The number of methoxy groups -OCH3 is 2. The predicted octanol–water partition coefficient (Wildman–Crippen LogP) is 2.94. The monoisotopic (exact) mass is 517 g/mol. The van der Waals surface area contributed by atoms with Crippen LogP contribution in [0.5, 0.6) is 0 Å². The fourth-order valence-electron chi connectivity index (χ4n) is 5.68. The van der Waals surface area contributed by atoms with Crippen molar-refractivity contribution in [2.24, 2.45) is 11.8 Å². The number of carbonyl (C=O) groups excluding carboxylic acids is 3. The molecule has 0 bridgehead atoms. The molecule has 208 valence electrons. The first kappa shape index (κ1) is 30.9. The summed E-state index contributed by atoms with van der Waals surface area (Å²) in [6.07, 6.45) is 3.39. The Morgan fingerprint density at radius 3 is 2.38 bits per heavy atom. The van der Waals surface area contributed by atoms with Gasteiger partial charge in [0.05, 0.1) is 36.6 Å². The van der Waals surface area contributed by atoms with Crippen molar-refractivity contribution in [1.29, 1.82) is 0 Å². The molecule has 2 unspecified atom stereocenters. The maximum Gasteiger partial charge on any atom is 0.226 e. The minimum atomic E-state index is -0.623. The van der Waals surface area contributed by atoms with Gasteiger partial charge in [-0.05, 0) is 44.8 Å². The molecular formula is C29H47N3O5. The number of likely N-dealkylation sites (N-methyl/N-ethyl adjacent to an activating group) is 1. The molecule has 1 aliphatic heterocycles. The van der Waals surface area contributed by atoms with E-state index in [9.17, 15) is 14.4 Å². The van der Waals surface area contributed by atoms with Crippen molar-refractivity contribution in [2.75, 3.05) is 34.9 Å². The van der Waals surface area contributed by atoms with Gasteiger partial charge in [0, 0.05) is 26.8 Å². The maximum atomic E-state index is 13.5. The highest BCUT2D eigenvalue weighted by molar-refractivity contribution is 5.82. The van der Waals surface area contributed by atoms with Crippen LogP contribution in [-0.4, -0.2) is 93.1 Å². The van der Waals surface area contributed by atoms with E-state index < -0.39 is 18.1 Å². The molecule has 37 heavy (non-hydrogen) atoms. The fourth-order valence-corrected chi connectivity index (χ4v) is 5.68. The van der Waals surface area contributed by atoms with Gasteiger partial charge in [-0.2, -0.15) is 0 Å². The molecule has 1 N–H and O–H groups in total. The van der Waals surface area contributed by atoms with Crippen molar-refractivity contribution < 1.29 is 23.9 Å². The Hall–Kier alpha value is -2.29. The van der Waals surface area contributed by atoms with Crippen LogP contribution in [0.3, 0.4) is 0 Å². The Bertz CT molecular complexity index is 849. The molecule has 8 heteroatoms. The van der Waals surface area contributed by atoms with Crippen molar-refractivity contribution in [2.45, 2.75) is 83.2 Å². The lowest BCUT2D eigenvalue weighted by Gasteiger charge is -2.38. The third-order valence-corrected chi connectivity index (χ3v) is 7.85. The Kier molecular flexibility index (Phi) is 12.7. The zero-order valence-corrected chi connectivity index (χ0v) is 23.7. The second-order valence-corrected chi connectivity index (χ2v) is 10.5. The van der Waals surface area contributed by atoms with Crippen LogP contribution in [0.2, 0.25) is 0 Å². The smallest absolute Gasteiger partial charge is 0.226 e. The Balaban J connectivity index is 2.09. The van der Waals surface area contributed by atoms with Gasteiger partial charge in [0.1, 0.15) is 6.29 Å². The number of aldehydes is 1. The normalized spacial score (nSPS) is 20.6. The van der Waals surface area contributed by atoms with E-state index in [1.807, 2.05) is 49.3 Å². The summed E-state index contributed by atoms with van der Waals surface area (Å²) in [7, 11) is 7.30. The molecule has 1 aliphatic rings. The molecule has 0 spiro atoms. The van der Waals surface area contributed by atoms with Gasteiger partial charge in [-0.15, -0.1) is 0 Å². The number of rotatable bonds is 15. The van der Waals surface area contributed by atoms with Crippen LogP contribution in [0.15, 0.2) is 30.3 Å². The lowest BCUT2D eigenvalue weighted by atomic mass is 9.90. The number of hydrogen-bond donors (Lipinski definition) is 1. The standard InChI is InChI=1S/C29H47N3O5/c1-8-20(2)27(31(4)5)25(36-6)18-26(34)32-16-12-15-24(32)28(37-7)21(3)29(35)30-23(19-33)17-22-13-10-9-11-14-22/h9-11,13-14,19-21,23-25,27-28H,8,12,15-18H2,1-7H3,(H,30,35)/t20?,21-,23+,24+,25?,27+,28-/m1/s1. The van der Waals surface area contributed by atoms with Gasteiger partial charge in [-0.1, -0.05) is 57.5 Å². The molecule has 0 aromatic heterocycles. The summed E-state index contributed by atoms with van der Waals surface area (Å²) in [5.74, 6) is -0.388. The van der Waals surface area contributed by atoms with Crippen LogP contribution in [0.25, 0.3) is 0 Å². The van der Waals surface area contributed by atoms with E-state index in [-0.39, 0.29) is 36.4 Å². The highest BCUT2D eigenvalue weighted by atomic mass is 16.5. The number of nitrogens with zero attached hydrogens (tertiary/aromatic N) is 2. The fraction of sp³-hybridized carbons (Fsp3) is 0.690. The number of nitrogens with one attached hydrogen (secondary N) is 1. The molecule has 2 amide bonds. The number of likely N-dealkylation sites (tertiary alicyclic amines) is 1. The third-order valence-electron chi connectivity index (χ3n) is 7.85. The largest absolute Gasteiger partial charge is 0.379 e. The lowest BCUT2D eigenvalue weighted by molar-refractivity contribution is -0.143. The summed E-state index contributed by atoms with van der Waals surface area (Å²) in [5.41, 5.74) is 0.976. The van der Waals surface area contributed by atoms with Crippen LogP contribution in [-0.2, 0) is 30.3 Å². The quantitative estimate of drug-likeness (QED) is 0.360. The average Bonchev–Trinajstić information content (AvgIpc) is 3.37. The third kappa shape index (κ3) is 8.35. The van der Waals surface area contributed by atoms with Gasteiger partial charge in [0.25, 0.3) is 0 Å². The van der Waals surface area contributed by atoms with Gasteiger partial charge in [0.15, 0.2) is 0 Å². The first-order valence-electron chi connectivity index (χ1n) is 13.5. The highest BCUT2D eigenvalue weighted by Gasteiger charge is 2.41. The molecule has 0 saturated carbocycles. The van der Waals surface area contributed by atoms with Gasteiger partial charge in [0.2, 0.25) is 11.8 Å². The zero-order chi connectivity index (χ0) is 27.5. The molecule has 1 heterocycles. The molecule has 1 aromatic carbocycles. The van der Waals surface area contributed by atoms with Gasteiger partial charge < -0.3 is 29.4 Å². The van der Waals surface area contributed by atoms with Crippen LogP contribution < -0.4 is 5.32 Å². The summed E-state index contributed by atoms with van der Waals surface area (Å²) >= 11 is 0. The zero-order valence-electron chi connectivity index (χ0n) is 23.7. The Labute approximate surface area is 223 Å². The Morgan fingerprint density at radius 2 is 1.84 bits per heavy atom. The molecule has 1 aromatic rings. The summed E-state index contributed by atoms with van der Waals surface area (Å²) < 4.78 is 11.6. The minimum absolute atomic E-state index is 0.0222. The maximum absolute atomic E-state index is 13.5. The first-order chi connectivity index (χ1) is 17.7. The van der Waals surface area contributed by atoms with Gasteiger partial charge >= 0.3 is 0 Å². The number of carbonyl (C=O) groups is 3. The van der Waals surface area contributed by atoms with Crippen LogP contribution in [0.4, 0.5) is 0 Å². The molecule has 8 nitrogen and oxygen atoms in total. The molecule has 1 saturated heterocycles. The summed E-state index contributed by atoms with van der Waals surface area (Å²) in [5, 5.41) is 2.87. The highest BCUT2D eigenvalue weighted by Crippen LogP contribution is 2.29. The van der Waals surface area contributed by atoms with E-state index in [2.05, 4.69) is 24.1 Å². The van der Waals surface area contributed by atoms with E-state index in [0.717, 1.165) is 31.1 Å². The van der Waals surface area contributed by atoms with Crippen molar-refractivity contribution in [1.82, 2.24) is 15.1 Å². The van der Waals surface area contributed by atoms with Crippen molar-refractivity contribution in [3.05, 3.63) is 35.9 Å². The van der Waals surface area contributed by atoms with Crippen LogP contribution in [0, 0.1) is 11.8 Å². The van der Waals surface area contributed by atoms with Crippen molar-refractivity contribution in [3.8, 4) is 0 Å². The van der Waals surface area contributed by atoms with E-state index in [4.69, 9.17) is 9.47 Å². The predicted molar refractivity (Wildman–Crippen MR) is 145 cm³/mol. The number of amides is 2. The number of hydrogen-bond acceptors (Lipinski definition) is 6. The topological polar surface area (TPSA) is 88.2 Å². The summed E-state index contributed by atoms with van der Waals surface area (Å²) in [4.78, 5) is 42.4. The minimum Gasteiger partial charge on any atom is -0.379 e. The molecule has 1 fully saturated rings. The summed E-state index contributed by atoms with van der Waals surface area (Å²) in [6.45, 7) is 6.77. The van der Waals surface area contributed by atoms with E-state index >= 15 is 0 Å². The molecular weight excluding hydrogens is 470 g/mol. The molecule has 7 atom stereocenters.